The van der Waals surface area contributed by atoms with E-state index in [-0.39, 0.29) is 0 Å². The predicted octanol–water partition coefficient (Wildman–Crippen LogP) is 4.52. The molecule has 0 heterocycles. The van der Waals surface area contributed by atoms with Crippen molar-refractivity contribution >= 4 is 0 Å². The molecule has 2 aromatic carbocycles. The lowest BCUT2D eigenvalue weighted by Gasteiger charge is -2.30. The normalized spacial score (nSPS) is 20.6. The van der Waals surface area contributed by atoms with Crippen molar-refractivity contribution in [3.05, 3.63) is 59.7 Å². The molecule has 0 amide bonds. The predicted molar refractivity (Wildman–Crippen MR) is 97.8 cm³/mol. The van der Waals surface area contributed by atoms with Crippen molar-refractivity contribution in [2.24, 2.45) is 0 Å². The lowest BCUT2D eigenvalue weighted by molar-refractivity contribution is 0.334. The van der Waals surface area contributed by atoms with Crippen molar-refractivity contribution in [2.75, 3.05) is 14.2 Å². The third-order valence-corrected chi connectivity index (χ3v) is 4.99. The molecule has 0 bridgehead atoms. The third kappa shape index (κ3) is 4.09. The Morgan fingerprint density at radius 3 is 2.50 bits per heavy atom. The van der Waals surface area contributed by atoms with Gasteiger partial charge in [-0.05, 0) is 48.4 Å². The molecule has 2 unspecified atom stereocenters. The van der Waals surface area contributed by atoms with Crippen molar-refractivity contribution in [3.63, 3.8) is 0 Å². The van der Waals surface area contributed by atoms with E-state index >= 15 is 0 Å². The van der Waals surface area contributed by atoms with Gasteiger partial charge in [0.1, 0.15) is 0 Å². The molecule has 0 aliphatic heterocycles. The first kappa shape index (κ1) is 16.8. The Balaban J connectivity index is 1.63. The van der Waals surface area contributed by atoms with Gasteiger partial charge in [0.2, 0.25) is 0 Å². The molecule has 128 valence electrons. The van der Waals surface area contributed by atoms with Crippen LogP contribution in [0.5, 0.6) is 11.5 Å². The van der Waals surface area contributed by atoms with E-state index in [1.54, 1.807) is 14.2 Å². The second-order valence-electron chi connectivity index (χ2n) is 6.54. The van der Waals surface area contributed by atoms with E-state index in [0.29, 0.717) is 12.0 Å². The fraction of sp³-hybridized carbons (Fsp3) is 0.429. The van der Waals surface area contributed by atoms with Crippen LogP contribution in [-0.4, -0.2) is 20.3 Å². The third-order valence-electron chi connectivity index (χ3n) is 4.99. The van der Waals surface area contributed by atoms with Gasteiger partial charge in [0, 0.05) is 12.6 Å². The van der Waals surface area contributed by atoms with Gasteiger partial charge < -0.3 is 14.8 Å². The van der Waals surface area contributed by atoms with Gasteiger partial charge >= 0.3 is 0 Å². The van der Waals surface area contributed by atoms with E-state index in [2.05, 4.69) is 47.8 Å². The van der Waals surface area contributed by atoms with E-state index < -0.39 is 0 Å². The summed E-state index contributed by atoms with van der Waals surface area (Å²) in [5.41, 5.74) is 2.71. The summed E-state index contributed by atoms with van der Waals surface area (Å²) in [6.07, 6.45) is 4.96. The molecular formula is C21H27NO2. The van der Waals surface area contributed by atoms with Crippen LogP contribution < -0.4 is 14.8 Å². The Bertz CT molecular complexity index is 642. The highest BCUT2D eigenvalue weighted by Gasteiger charge is 2.23. The Hall–Kier alpha value is -2.00. The molecule has 2 aromatic rings. The summed E-state index contributed by atoms with van der Waals surface area (Å²) in [7, 11) is 3.38. The number of ether oxygens (including phenoxy) is 2. The monoisotopic (exact) mass is 325 g/mol. The molecule has 0 aromatic heterocycles. The van der Waals surface area contributed by atoms with Gasteiger partial charge in [0.05, 0.1) is 14.2 Å². The first-order valence-electron chi connectivity index (χ1n) is 8.79. The molecule has 1 N–H and O–H groups in total. The molecule has 3 heteroatoms. The fourth-order valence-corrected chi connectivity index (χ4v) is 3.64. The Morgan fingerprint density at radius 2 is 1.75 bits per heavy atom. The summed E-state index contributed by atoms with van der Waals surface area (Å²) >= 11 is 0. The van der Waals surface area contributed by atoms with Gasteiger partial charge in [0.15, 0.2) is 11.5 Å². The summed E-state index contributed by atoms with van der Waals surface area (Å²) in [5.74, 6) is 2.22. The molecule has 1 saturated carbocycles. The standard InChI is InChI=1S/C21H27NO2/c1-23-20-12-11-18(14-21(20)24-2)17-9-6-10-19(13-17)22-15-16-7-4-3-5-8-16/h3-5,7-8,11-12,14,17,19,22H,6,9-10,13,15H2,1-2H3. The van der Waals surface area contributed by atoms with Crippen molar-refractivity contribution in [1.29, 1.82) is 0 Å². The average molecular weight is 325 g/mol. The van der Waals surface area contributed by atoms with Gasteiger partial charge in [0.25, 0.3) is 0 Å². The number of rotatable bonds is 6. The molecule has 2 atom stereocenters. The molecule has 0 saturated heterocycles. The van der Waals surface area contributed by atoms with Crippen LogP contribution >= 0.6 is 0 Å². The summed E-state index contributed by atoms with van der Waals surface area (Å²) in [5, 5.41) is 3.73. The molecular weight excluding hydrogens is 298 g/mol. The lowest BCUT2D eigenvalue weighted by atomic mass is 9.81. The molecule has 1 fully saturated rings. The van der Waals surface area contributed by atoms with Crippen LogP contribution in [0.3, 0.4) is 0 Å². The topological polar surface area (TPSA) is 30.5 Å². The molecule has 1 aliphatic rings. The lowest BCUT2D eigenvalue weighted by Crippen LogP contribution is -2.33. The zero-order valence-corrected chi connectivity index (χ0v) is 14.6. The number of hydrogen-bond donors (Lipinski definition) is 1. The van der Waals surface area contributed by atoms with E-state index in [9.17, 15) is 0 Å². The highest BCUT2D eigenvalue weighted by atomic mass is 16.5. The Labute approximate surface area is 145 Å². The Morgan fingerprint density at radius 1 is 0.958 bits per heavy atom. The first-order valence-corrected chi connectivity index (χ1v) is 8.79. The molecule has 24 heavy (non-hydrogen) atoms. The maximum atomic E-state index is 5.46. The number of hydrogen-bond acceptors (Lipinski definition) is 3. The highest BCUT2D eigenvalue weighted by Crippen LogP contribution is 2.37. The zero-order chi connectivity index (χ0) is 16.8. The van der Waals surface area contributed by atoms with Gasteiger partial charge in [-0.15, -0.1) is 0 Å². The largest absolute Gasteiger partial charge is 0.493 e. The van der Waals surface area contributed by atoms with Crippen molar-refractivity contribution in [3.8, 4) is 11.5 Å². The van der Waals surface area contributed by atoms with Crippen LogP contribution in [0.2, 0.25) is 0 Å². The zero-order valence-electron chi connectivity index (χ0n) is 14.6. The summed E-state index contributed by atoms with van der Waals surface area (Å²) in [4.78, 5) is 0. The summed E-state index contributed by atoms with van der Waals surface area (Å²) < 4.78 is 10.8. The maximum absolute atomic E-state index is 5.46. The van der Waals surface area contributed by atoms with E-state index in [1.165, 1.54) is 36.8 Å². The van der Waals surface area contributed by atoms with E-state index in [4.69, 9.17) is 9.47 Å². The van der Waals surface area contributed by atoms with Gasteiger partial charge in [-0.1, -0.05) is 42.8 Å². The smallest absolute Gasteiger partial charge is 0.160 e. The summed E-state index contributed by atoms with van der Waals surface area (Å²) in [6, 6.07) is 17.6. The van der Waals surface area contributed by atoms with Crippen LogP contribution in [0.15, 0.2) is 48.5 Å². The van der Waals surface area contributed by atoms with Crippen LogP contribution in [0.25, 0.3) is 0 Å². The number of nitrogens with one attached hydrogen (secondary N) is 1. The van der Waals surface area contributed by atoms with Crippen molar-refractivity contribution < 1.29 is 9.47 Å². The van der Waals surface area contributed by atoms with Crippen LogP contribution in [0.4, 0.5) is 0 Å². The molecule has 0 radical (unpaired) electrons. The quantitative estimate of drug-likeness (QED) is 0.847. The average Bonchev–Trinajstić information content (AvgIpc) is 2.67. The summed E-state index contributed by atoms with van der Waals surface area (Å²) in [6.45, 7) is 0.949. The molecule has 3 rings (SSSR count). The first-order chi connectivity index (χ1) is 11.8. The van der Waals surface area contributed by atoms with E-state index in [1.807, 2.05) is 6.07 Å². The minimum atomic E-state index is 0.581. The number of benzene rings is 2. The van der Waals surface area contributed by atoms with E-state index in [0.717, 1.165) is 18.0 Å². The van der Waals surface area contributed by atoms with Crippen molar-refractivity contribution in [1.82, 2.24) is 5.32 Å². The second kappa shape index (κ2) is 8.20. The SMILES string of the molecule is COc1ccc(C2CCCC(NCc3ccccc3)C2)cc1OC. The van der Waals surface area contributed by atoms with Gasteiger partial charge in [-0.2, -0.15) is 0 Å². The molecule has 1 aliphatic carbocycles. The minimum absolute atomic E-state index is 0.581. The van der Waals surface area contributed by atoms with Gasteiger partial charge in [-0.3, -0.25) is 0 Å². The molecule has 0 spiro atoms. The fourth-order valence-electron chi connectivity index (χ4n) is 3.64. The molecule has 3 nitrogen and oxygen atoms in total. The second-order valence-corrected chi connectivity index (χ2v) is 6.54. The highest BCUT2D eigenvalue weighted by molar-refractivity contribution is 5.44. The minimum Gasteiger partial charge on any atom is -0.493 e. The van der Waals surface area contributed by atoms with Crippen molar-refractivity contribution in [2.45, 2.75) is 44.2 Å². The van der Waals surface area contributed by atoms with Gasteiger partial charge in [-0.25, -0.2) is 0 Å². The van der Waals surface area contributed by atoms with Crippen LogP contribution in [0, 0.1) is 0 Å². The Kier molecular flexibility index (Phi) is 5.76. The maximum Gasteiger partial charge on any atom is 0.160 e. The van der Waals surface area contributed by atoms with Crippen LogP contribution in [0.1, 0.15) is 42.7 Å². The number of methoxy groups -OCH3 is 2. The van der Waals surface area contributed by atoms with Crippen LogP contribution in [-0.2, 0) is 6.54 Å².